The number of aromatic nitrogens is 1. The molecule has 162 valence electrons. The van der Waals surface area contributed by atoms with Gasteiger partial charge in [0.25, 0.3) is 0 Å². The van der Waals surface area contributed by atoms with Crippen molar-refractivity contribution in [1.82, 2.24) is 9.29 Å². The molecule has 0 unspecified atom stereocenters. The van der Waals surface area contributed by atoms with Crippen LogP contribution >= 0.6 is 31.9 Å². The normalized spacial score (nSPS) is 17.3. The van der Waals surface area contributed by atoms with Gasteiger partial charge in [-0.25, -0.2) is 8.42 Å². The molecule has 2 aromatic carbocycles. The zero-order valence-electron chi connectivity index (χ0n) is 17.1. The first-order valence-corrected chi connectivity index (χ1v) is 13.4. The van der Waals surface area contributed by atoms with Gasteiger partial charge in [-0.2, -0.15) is 4.31 Å². The number of fused-ring (bicyclic) bond motifs is 1. The van der Waals surface area contributed by atoms with Gasteiger partial charge in [0, 0.05) is 47.0 Å². The highest BCUT2D eigenvalue weighted by molar-refractivity contribution is 9.11. The molecule has 8 heteroatoms. The van der Waals surface area contributed by atoms with Crippen LogP contribution in [0, 0.1) is 0 Å². The van der Waals surface area contributed by atoms with E-state index in [0.717, 1.165) is 31.3 Å². The Morgan fingerprint density at radius 2 is 1.81 bits per heavy atom. The number of pyridine rings is 1. The van der Waals surface area contributed by atoms with Crippen LogP contribution in [0.2, 0.25) is 0 Å². The summed E-state index contributed by atoms with van der Waals surface area (Å²) in [6.45, 7) is 1.54. The van der Waals surface area contributed by atoms with Crippen LogP contribution < -0.4 is 4.90 Å². The standard InChI is InChI=1S/C23H23Br2N3O2S/c1-31(29,30)28-15-19-11-20(24)12-22(25)23(19)27(14-18-8-5-9-26-13-18)16-21(28)10-17-6-3-2-4-7-17/h2-9,11-13,21H,10,14-16H2,1H3/t21-/m1/s1. The lowest BCUT2D eigenvalue weighted by molar-refractivity contribution is 0.320. The summed E-state index contributed by atoms with van der Waals surface area (Å²) in [5.74, 6) is 0. The molecule has 1 aliphatic heterocycles. The van der Waals surface area contributed by atoms with Crippen molar-refractivity contribution in [3.63, 3.8) is 0 Å². The van der Waals surface area contributed by atoms with Crippen molar-refractivity contribution in [3.8, 4) is 0 Å². The molecule has 31 heavy (non-hydrogen) atoms. The maximum Gasteiger partial charge on any atom is 0.211 e. The highest BCUT2D eigenvalue weighted by atomic mass is 79.9. The van der Waals surface area contributed by atoms with Crippen molar-refractivity contribution in [2.24, 2.45) is 0 Å². The molecule has 4 rings (SSSR count). The third kappa shape index (κ3) is 5.37. The van der Waals surface area contributed by atoms with Crippen LogP contribution in [-0.2, 0) is 29.5 Å². The van der Waals surface area contributed by atoms with Crippen LogP contribution in [0.25, 0.3) is 0 Å². The van der Waals surface area contributed by atoms with E-state index in [4.69, 9.17) is 0 Å². The quantitative estimate of drug-likeness (QED) is 0.437. The number of benzene rings is 2. The Kier molecular flexibility index (Phi) is 6.81. The summed E-state index contributed by atoms with van der Waals surface area (Å²) in [6, 6.07) is 17.9. The first-order chi connectivity index (χ1) is 14.8. The first kappa shape index (κ1) is 22.5. The molecule has 0 saturated carbocycles. The fourth-order valence-corrected chi connectivity index (χ4v) is 6.74. The monoisotopic (exact) mass is 563 g/mol. The highest BCUT2D eigenvalue weighted by Gasteiger charge is 2.34. The zero-order valence-corrected chi connectivity index (χ0v) is 21.1. The smallest absolute Gasteiger partial charge is 0.211 e. The summed E-state index contributed by atoms with van der Waals surface area (Å²) in [5.41, 5.74) is 4.19. The maximum absolute atomic E-state index is 12.9. The summed E-state index contributed by atoms with van der Waals surface area (Å²) in [5, 5.41) is 0. The van der Waals surface area contributed by atoms with E-state index >= 15 is 0 Å². The van der Waals surface area contributed by atoms with Gasteiger partial charge in [0.2, 0.25) is 10.0 Å². The molecule has 0 radical (unpaired) electrons. The Labute approximate surface area is 200 Å². The van der Waals surface area contributed by atoms with E-state index in [1.54, 1.807) is 10.5 Å². The fourth-order valence-electron chi connectivity index (χ4n) is 4.12. The zero-order chi connectivity index (χ0) is 22.0. The van der Waals surface area contributed by atoms with E-state index < -0.39 is 10.0 Å². The number of hydrogen-bond donors (Lipinski definition) is 0. The molecule has 1 aromatic heterocycles. The highest BCUT2D eigenvalue weighted by Crippen LogP contribution is 2.38. The molecule has 0 amide bonds. The van der Waals surface area contributed by atoms with Crippen LogP contribution in [-0.4, -0.2) is 36.5 Å². The third-order valence-electron chi connectivity index (χ3n) is 5.42. The molecule has 0 fully saturated rings. The second-order valence-corrected chi connectivity index (χ2v) is 11.5. The molecule has 5 nitrogen and oxygen atoms in total. The van der Waals surface area contributed by atoms with Crippen LogP contribution in [0.3, 0.4) is 0 Å². The predicted octanol–water partition coefficient (Wildman–Crippen LogP) is 5.00. The van der Waals surface area contributed by atoms with Gasteiger partial charge in [-0.1, -0.05) is 52.3 Å². The number of rotatable bonds is 5. The average molecular weight is 565 g/mol. The van der Waals surface area contributed by atoms with E-state index in [0.29, 0.717) is 26.1 Å². The number of nitrogens with zero attached hydrogens (tertiary/aromatic N) is 3. The Balaban J connectivity index is 1.80. The average Bonchev–Trinajstić information content (AvgIpc) is 2.86. The minimum Gasteiger partial charge on any atom is -0.364 e. The molecule has 3 aromatic rings. The minimum atomic E-state index is -3.42. The molecular formula is C23H23Br2N3O2S. The van der Waals surface area contributed by atoms with E-state index in [-0.39, 0.29) is 6.04 Å². The first-order valence-electron chi connectivity index (χ1n) is 9.94. The molecule has 0 saturated heterocycles. The van der Waals surface area contributed by atoms with Crippen molar-refractivity contribution in [3.05, 3.63) is 92.6 Å². The Hall–Kier alpha value is -1.74. The van der Waals surface area contributed by atoms with Crippen molar-refractivity contribution in [2.75, 3.05) is 17.7 Å². The summed E-state index contributed by atoms with van der Waals surface area (Å²) in [6.07, 6.45) is 5.56. The van der Waals surface area contributed by atoms with E-state index in [1.165, 1.54) is 6.26 Å². The Morgan fingerprint density at radius 3 is 2.48 bits per heavy atom. The van der Waals surface area contributed by atoms with Crippen molar-refractivity contribution < 1.29 is 8.42 Å². The molecule has 0 aliphatic carbocycles. The number of anilines is 1. The van der Waals surface area contributed by atoms with Gasteiger partial charge in [-0.05, 0) is 57.2 Å². The van der Waals surface area contributed by atoms with Crippen LogP contribution in [0.4, 0.5) is 5.69 Å². The van der Waals surface area contributed by atoms with Crippen molar-refractivity contribution in [2.45, 2.75) is 25.6 Å². The van der Waals surface area contributed by atoms with Gasteiger partial charge in [-0.3, -0.25) is 4.98 Å². The lowest BCUT2D eigenvalue weighted by Gasteiger charge is -2.32. The lowest BCUT2D eigenvalue weighted by Crippen LogP contribution is -2.45. The van der Waals surface area contributed by atoms with Gasteiger partial charge in [0.1, 0.15) is 0 Å². The Bertz CT molecular complexity index is 1160. The summed E-state index contributed by atoms with van der Waals surface area (Å²) in [4.78, 5) is 6.52. The summed E-state index contributed by atoms with van der Waals surface area (Å²) >= 11 is 7.29. The maximum atomic E-state index is 12.9. The van der Waals surface area contributed by atoms with E-state index in [2.05, 4.69) is 53.9 Å². The van der Waals surface area contributed by atoms with E-state index in [1.807, 2.05) is 48.7 Å². The van der Waals surface area contributed by atoms with Crippen LogP contribution in [0.5, 0.6) is 0 Å². The lowest BCUT2D eigenvalue weighted by atomic mass is 10.1. The van der Waals surface area contributed by atoms with Crippen LogP contribution in [0.15, 0.2) is 75.9 Å². The summed E-state index contributed by atoms with van der Waals surface area (Å²) < 4.78 is 29.2. The van der Waals surface area contributed by atoms with Gasteiger partial charge in [-0.15, -0.1) is 0 Å². The van der Waals surface area contributed by atoms with Gasteiger partial charge >= 0.3 is 0 Å². The topological polar surface area (TPSA) is 53.5 Å². The molecule has 1 aliphatic rings. The third-order valence-corrected chi connectivity index (χ3v) is 7.77. The number of hydrogen-bond acceptors (Lipinski definition) is 4. The molecule has 0 bridgehead atoms. The molecular weight excluding hydrogens is 542 g/mol. The minimum absolute atomic E-state index is 0.202. The van der Waals surface area contributed by atoms with E-state index in [9.17, 15) is 8.42 Å². The number of halogens is 2. The van der Waals surface area contributed by atoms with Crippen molar-refractivity contribution >= 4 is 47.6 Å². The number of sulfonamides is 1. The van der Waals surface area contributed by atoms with Crippen LogP contribution in [0.1, 0.15) is 16.7 Å². The molecule has 2 heterocycles. The second kappa shape index (κ2) is 9.40. The predicted molar refractivity (Wildman–Crippen MR) is 131 cm³/mol. The summed E-state index contributed by atoms with van der Waals surface area (Å²) in [7, 11) is -3.42. The molecule has 0 N–H and O–H groups in total. The van der Waals surface area contributed by atoms with Gasteiger partial charge in [0.15, 0.2) is 0 Å². The SMILES string of the molecule is CS(=O)(=O)N1Cc2cc(Br)cc(Br)c2N(Cc2cccnc2)C[C@H]1Cc1ccccc1. The second-order valence-electron chi connectivity index (χ2n) is 7.79. The molecule has 0 spiro atoms. The van der Waals surface area contributed by atoms with Gasteiger partial charge in [0.05, 0.1) is 11.9 Å². The van der Waals surface area contributed by atoms with Crippen molar-refractivity contribution in [1.29, 1.82) is 0 Å². The largest absolute Gasteiger partial charge is 0.364 e. The molecule has 1 atom stereocenters. The fraction of sp³-hybridized carbons (Fsp3) is 0.261. The van der Waals surface area contributed by atoms with Gasteiger partial charge < -0.3 is 4.90 Å². The Morgan fingerprint density at radius 1 is 1.06 bits per heavy atom.